The quantitative estimate of drug-likeness (QED) is 0.124. The van der Waals surface area contributed by atoms with Gasteiger partial charge in [-0.3, -0.25) is 4.57 Å². The summed E-state index contributed by atoms with van der Waals surface area (Å²) in [6, 6.07) is 14.5. The maximum absolute atomic E-state index is 12.0. The van der Waals surface area contributed by atoms with Gasteiger partial charge in [-0.15, -0.1) is 0 Å². The maximum Gasteiger partial charge on any atom is 0.510 e. The standard InChI is InChI=1S/C26H31BrN2O6/c1-3-31-25-28-23-11-7-8-20(24(23)29(25)16-19-12-14-21(27)15-13-19)17-32-35-18(2)33-26(30)34-22-9-5-4-6-10-22/h7-8,11-15,18,22H,3-6,9-10,16-17H2,1-2H3. The highest BCUT2D eigenvalue weighted by Gasteiger charge is 2.21. The summed E-state index contributed by atoms with van der Waals surface area (Å²) < 4.78 is 19.4. The molecular formula is C26H31BrN2O6. The molecule has 0 spiro atoms. The zero-order valence-corrected chi connectivity index (χ0v) is 21.7. The van der Waals surface area contributed by atoms with Crippen LogP contribution in [0.4, 0.5) is 4.79 Å². The largest absolute Gasteiger partial charge is 0.510 e. The molecule has 0 amide bonds. The molecule has 2 aromatic carbocycles. The first kappa shape index (κ1) is 25.5. The molecule has 1 aliphatic carbocycles. The van der Waals surface area contributed by atoms with Gasteiger partial charge in [0.05, 0.1) is 24.2 Å². The molecule has 1 aliphatic rings. The summed E-state index contributed by atoms with van der Waals surface area (Å²) in [6.07, 6.45) is 3.37. The van der Waals surface area contributed by atoms with Crippen LogP contribution in [0.5, 0.6) is 6.01 Å². The molecule has 1 unspecified atom stereocenters. The van der Waals surface area contributed by atoms with Crippen LogP contribution in [0.3, 0.4) is 0 Å². The number of ether oxygens (including phenoxy) is 3. The molecule has 8 nitrogen and oxygen atoms in total. The minimum absolute atomic E-state index is 0.0764. The summed E-state index contributed by atoms with van der Waals surface area (Å²) in [4.78, 5) is 27.4. The molecule has 3 aromatic rings. The number of carbonyl (C=O) groups is 1. The van der Waals surface area contributed by atoms with Gasteiger partial charge in [0.25, 0.3) is 6.01 Å². The number of fused-ring (bicyclic) bond motifs is 1. The van der Waals surface area contributed by atoms with Crippen LogP contribution in [0.2, 0.25) is 0 Å². The van der Waals surface area contributed by atoms with E-state index in [0.29, 0.717) is 19.2 Å². The molecule has 35 heavy (non-hydrogen) atoms. The van der Waals surface area contributed by atoms with Crippen LogP contribution in [0.15, 0.2) is 46.9 Å². The van der Waals surface area contributed by atoms with E-state index in [1.165, 1.54) is 6.42 Å². The van der Waals surface area contributed by atoms with Crippen molar-refractivity contribution in [2.75, 3.05) is 6.61 Å². The SMILES string of the molecule is CCOc1nc2cccc(COOC(C)OC(=O)OC3CCCCC3)c2n1Cc1ccc(Br)cc1. The van der Waals surface area contributed by atoms with Crippen molar-refractivity contribution < 1.29 is 28.8 Å². The third kappa shape index (κ3) is 6.96. The Morgan fingerprint density at radius 3 is 2.66 bits per heavy atom. The molecule has 4 rings (SSSR count). The Morgan fingerprint density at radius 1 is 1.14 bits per heavy atom. The van der Waals surface area contributed by atoms with Crippen molar-refractivity contribution in [3.63, 3.8) is 0 Å². The number of halogens is 1. The van der Waals surface area contributed by atoms with Gasteiger partial charge in [0.2, 0.25) is 6.29 Å². The summed E-state index contributed by atoms with van der Waals surface area (Å²) in [5, 5.41) is 0. The van der Waals surface area contributed by atoms with Gasteiger partial charge in [0.15, 0.2) is 0 Å². The smallest absolute Gasteiger partial charge is 0.465 e. The first-order valence-electron chi connectivity index (χ1n) is 12.0. The third-order valence-electron chi connectivity index (χ3n) is 5.84. The number of nitrogens with zero attached hydrogens (tertiary/aromatic N) is 2. The highest BCUT2D eigenvalue weighted by molar-refractivity contribution is 9.10. The Labute approximate surface area is 213 Å². The van der Waals surface area contributed by atoms with E-state index in [2.05, 4.69) is 33.0 Å². The molecule has 188 valence electrons. The molecule has 1 fully saturated rings. The van der Waals surface area contributed by atoms with E-state index in [4.69, 9.17) is 24.0 Å². The Bertz CT molecular complexity index is 1110. The summed E-state index contributed by atoms with van der Waals surface area (Å²) >= 11 is 3.48. The van der Waals surface area contributed by atoms with E-state index < -0.39 is 12.4 Å². The van der Waals surface area contributed by atoms with Gasteiger partial charge < -0.3 is 14.2 Å². The Hall–Kier alpha value is -2.62. The lowest BCUT2D eigenvalue weighted by Crippen LogP contribution is -2.25. The van der Waals surface area contributed by atoms with E-state index >= 15 is 0 Å². The molecule has 1 saturated carbocycles. The highest BCUT2D eigenvalue weighted by atomic mass is 79.9. The molecule has 0 saturated heterocycles. The second-order valence-electron chi connectivity index (χ2n) is 8.50. The Morgan fingerprint density at radius 2 is 1.91 bits per heavy atom. The number of aromatic nitrogens is 2. The molecule has 1 aromatic heterocycles. The van der Waals surface area contributed by atoms with Crippen LogP contribution in [0.25, 0.3) is 11.0 Å². The summed E-state index contributed by atoms with van der Waals surface area (Å²) in [7, 11) is 0. The van der Waals surface area contributed by atoms with E-state index in [0.717, 1.165) is 52.3 Å². The van der Waals surface area contributed by atoms with Crippen molar-refractivity contribution in [1.82, 2.24) is 9.55 Å². The zero-order valence-electron chi connectivity index (χ0n) is 20.1. The minimum Gasteiger partial charge on any atom is -0.465 e. The Balaban J connectivity index is 1.41. The molecule has 1 atom stereocenters. The number of para-hydroxylation sites is 1. The van der Waals surface area contributed by atoms with Crippen molar-refractivity contribution in [2.24, 2.45) is 0 Å². The normalized spacial score (nSPS) is 15.2. The van der Waals surface area contributed by atoms with Gasteiger partial charge >= 0.3 is 6.16 Å². The average molecular weight is 547 g/mol. The number of benzene rings is 2. The molecule has 1 heterocycles. The molecular weight excluding hydrogens is 516 g/mol. The van der Waals surface area contributed by atoms with Crippen molar-refractivity contribution in [3.05, 3.63) is 58.1 Å². The fourth-order valence-electron chi connectivity index (χ4n) is 4.21. The number of carbonyl (C=O) groups excluding carboxylic acids is 1. The lowest BCUT2D eigenvalue weighted by molar-refractivity contribution is -0.371. The second kappa shape index (κ2) is 12.4. The summed E-state index contributed by atoms with van der Waals surface area (Å²) in [5.41, 5.74) is 3.67. The summed E-state index contributed by atoms with van der Waals surface area (Å²) in [5.74, 6) is 0. The van der Waals surface area contributed by atoms with E-state index in [1.54, 1.807) is 6.92 Å². The first-order chi connectivity index (χ1) is 17.0. The van der Waals surface area contributed by atoms with Crippen LogP contribution in [-0.2, 0) is 32.4 Å². The molecule has 0 radical (unpaired) electrons. The van der Waals surface area contributed by atoms with Gasteiger partial charge in [0.1, 0.15) is 12.7 Å². The van der Waals surface area contributed by atoms with Crippen molar-refractivity contribution in [1.29, 1.82) is 0 Å². The molecule has 0 aliphatic heterocycles. The lowest BCUT2D eigenvalue weighted by atomic mass is 9.98. The highest BCUT2D eigenvalue weighted by Crippen LogP contribution is 2.27. The second-order valence-corrected chi connectivity index (χ2v) is 9.41. The predicted molar refractivity (Wildman–Crippen MR) is 134 cm³/mol. The third-order valence-corrected chi connectivity index (χ3v) is 6.37. The fraction of sp³-hybridized carbons (Fsp3) is 0.462. The fourth-order valence-corrected chi connectivity index (χ4v) is 4.47. The van der Waals surface area contributed by atoms with Crippen molar-refractivity contribution in [2.45, 2.75) is 71.5 Å². The van der Waals surface area contributed by atoms with Crippen molar-refractivity contribution in [3.8, 4) is 6.01 Å². The van der Waals surface area contributed by atoms with Crippen LogP contribution in [0, 0.1) is 0 Å². The van der Waals surface area contributed by atoms with Gasteiger partial charge in [-0.1, -0.05) is 46.6 Å². The van der Waals surface area contributed by atoms with Crippen molar-refractivity contribution >= 4 is 33.1 Å². The zero-order chi connectivity index (χ0) is 24.6. The van der Waals surface area contributed by atoms with E-state index in [1.807, 2.05) is 41.8 Å². The van der Waals surface area contributed by atoms with Gasteiger partial charge in [-0.2, -0.15) is 9.87 Å². The van der Waals surface area contributed by atoms with Crippen LogP contribution in [-0.4, -0.2) is 34.7 Å². The van der Waals surface area contributed by atoms with Crippen LogP contribution >= 0.6 is 15.9 Å². The number of hydrogen-bond acceptors (Lipinski definition) is 7. The first-order valence-corrected chi connectivity index (χ1v) is 12.8. The topological polar surface area (TPSA) is 81.0 Å². The maximum atomic E-state index is 12.0. The van der Waals surface area contributed by atoms with Gasteiger partial charge in [-0.05, 0) is 56.4 Å². The number of imidazole rings is 1. The molecule has 0 N–H and O–H groups in total. The minimum atomic E-state index is -0.906. The number of hydrogen-bond donors (Lipinski definition) is 0. The van der Waals surface area contributed by atoms with Crippen LogP contribution in [0.1, 0.15) is 57.1 Å². The average Bonchev–Trinajstić information content (AvgIpc) is 3.19. The Kier molecular flexibility index (Phi) is 9.01. The summed E-state index contributed by atoms with van der Waals surface area (Å²) in [6.45, 7) is 4.75. The monoisotopic (exact) mass is 546 g/mol. The number of rotatable bonds is 10. The van der Waals surface area contributed by atoms with Gasteiger partial charge in [0, 0.05) is 17.0 Å². The van der Waals surface area contributed by atoms with Gasteiger partial charge in [-0.25, -0.2) is 9.68 Å². The molecule has 0 bridgehead atoms. The molecule has 9 heteroatoms. The predicted octanol–water partition coefficient (Wildman–Crippen LogP) is 6.53. The van der Waals surface area contributed by atoms with Crippen LogP contribution < -0.4 is 4.74 Å². The van der Waals surface area contributed by atoms with E-state index in [9.17, 15) is 4.79 Å². The van der Waals surface area contributed by atoms with E-state index in [-0.39, 0.29) is 12.7 Å². The lowest BCUT2D eigenvalue weighted by Gasteiger charge is -2.22.